The van der Waals surface area contributed by atoms with Crippen molar-refractivity contribution in [1.29, 1.82) is 0 Å². The molecule has 1 aromatic carbocycles. The van der Waals surface area contributed by atoms with Crippen molar-refractivity contribution in [3.63, 3.8) is 0 Å². The summed E-state index contributed by atoms with van der Waals surface area (Å²) in [6, 6.07) is 10.1. The van der Waals surface area contributed by atoms with E-state index in [9.17, 15) is 0 Å². The molecule has 72 valence electrons. The second-order valence-electron chi connectivity index (χ2n) is 2.97. The molecule has 0 amide bonds. The van der Waals surface area contributed by atoms with E-state index < -0.39 is 0 Å². The van der Waals surface area contributed by atoms with Gasteiger partial charge in [-0.05, 0) is 12.0 Å². The third kappa shape index (κ3) is 4.30. The third-order valence-electron chi connectivity index (χ3n) is 1.74. The van der Waals surface area contributed by atoms with Crippen LogP contribution in [-0.2, 0) is 11.2 Å². The second kappa shape index (κ2) is 6.01. The SMILES string of the molecule is CCCOC(Cl)Cc1ccccc1. The smallest absolute Gasteiger partial charge is 0.135 e. The maximum atomic E-state index is 5.97. The van der Waals surface area contributed by atoms with Crippen molar-refractivity contribution < 1.29 is 4.74 Å². The lowest BCUT2D eigenvalue weighted by atomic mass is 10.2. The maximum Gasteiger partial charge on any atom is 0.135 e. The topological polar surface area (TPSA) is 9.23 Å². The molecule has 0 bridgehead atoms. The van der Waals surface area contributed by atoms with Gasteiger partial charge in [0.1, 0.15) is 5.56 Å². The van der Waals surface area contributed by atoms with Crippen molar-refractivity contribution in [2.24, 2.45) is 0 Å². The van der Waals surface area contributed by atoms with E-state index in [-0.39, 0.29) is 5.56 Å². The van der Waals surface area contributed by atoms with Crippen LogP contribution in [0.4, 0.5) is 0 Å². The van der Waals surface area contributed by atoms with Crippen LogP contribution in [-0.4, -0.2) is 12.2 Å². The number of halogens is 1. The van der Waals surface area contributed by atoms with Crippen molar-refractivity contribution in [1.82, 2.24) is 0 Å². The molecule has 0 fully saturated rings. The van der Waals surface area contributed by atoms with Crippen LogP contribution in [0.1, 0.15) is 18.9 Å². The molecule has 0 aliphatic carbocycles. The number of hydrogen-bond acceptors (Lipinski definition) is 1. The Bertz CT molecular complexity index is 223. The fraction of sp³-hybridized carbons (Fsp3) is 0.455. The Labute approximate surface area is 84.7 Å². The molecule has 13 heavy (non-hydrogen) atoms. The average molecular weight is 199 g/mol. The molecule has 0 saturated heterocycles. The lowest BCUT2D eigenvalue weighted by molar-refractivity contribution is 0.108. The van der Waals surface area contributed by atoms with Gasteiger partial charge >= 0.3 is 0 Å². The van der Waals surface area contributed by atoms with Crippen LogP contribution in [0, 0.1) is 0 Å². The van der Waals surface area contributed by atoms with Gasteiger partial charge < -0.3 is 4.74 Å². The maximum absolute atomic E-state index is 5.97. The standard InChI is InChI=1S/C11H15ClO/c1-2-8-13-11(12)9-10-6-4-3-5-7-10/h3-7,11H,2,8-9H2,1H3. The fourth-order valence-corrected chi connectivity index (χ4v) is 1.37. The van der Waals surface area contributed by atoms with Gasteiger partial charge in [0.25, 0.3) is 0 Å². The van der Waals surface area contributed by atoms with Crippen LogP contribution < -0.4 is 0 Å². The highest BCUT2D eigenvalue weighted by Gasteiger charge is 2.04. The zero-order valence-corrected chi connectivity index (χ0v) is 8.63. The number of benzene rings is 1. The van der Waals surface area contributed by atoms with E-state index in [1.165, 1.54) is 5.56 Å². The molecule has 0 saturated carbocycles. The molecule has 0 aliphatic rings. The van der Waals surface area contributed by atoms with E-state index in [2.05, 4.69) is 19.1 Å². The predicted molar refractivity (Wildman–Crippen MR) is 56.0 cm³/mol. The molecule has 1 aromatic rings. The van der Waals surface area contributed by atoms with Crippen LogP contribution in [0.5, 0.6) is 0 Å². The van der Waals surface area contributed by atoms with Gasteiger partial charge in [-0.2, -0.15) is 0 Å². The quantitative estimate of drug-likeness (QED) is 0.661. The average Bonchev–Trinajstić information content (AvgIpc) is 2.16. The molecule has 1 nitrogen and oxygen atoms in total. The molecule has 0 aromatic heterocycles. The summed E-state index contributed by atoms with van der Waals surface area (Å²) in [5, 5.41) is 0. The summed E-state index contributed by atoms with van der Waals surface area (Å²) < 4.78 is 5.36. The molecule has 0 aliphatic heterocycles. The summed E-state index contributed by atoms with van der Waals surface area (Å²) in [4.78, 5) is 0. The summed E-state index contributed by atoms with van der Waals surface area (Å²) >= 11 is 5.97. The first-order valence-electron chi connectivity index (χ1n) is 4.62. The molecule has 0 N–H and O–H groups in total. The lowest BCUT2D eigenvalue weighted by Crippen LogP contribution is -2.09. The van der Waals surface area contributed by atoms with Crippen LogP contribution in [0.15, 0.2) is 30.3 Å². The molecule has 1 unspecified atom stereocenters. The van der Waals surface area contributed by atoms with E-state index in [4.69, 9.17) is 16.3 Å². The van der Waals surface area contributed by atoms with Crippen molar-refractivity contribution in [3.8, 4) is 0 Å². The minimum atomic E-state index is -0.192. The van der Waals surface area contributed by atoms with Crippen molar-refractivity contribution in [2.45, 2.75) is 25.3 Å². The molecule has 0 spiro atoms. The number of rotatable bonds is 5. The fourth-order valence-electron chi connectivity index (χ4n) is 1.10. The van der Waals surface area contributed by atoms with E-state index in [1.54, 1.807) is 0 Å². The third-order valence-corrected chi connectivity index (χ3v) is 2.02. The Morgan fingerprint density at radius 1 is 1.31 bits per heavy atom. The van der Waals surface area contributed by atoms with E-state index in [0.717, 1.165) is 19.4 Å². The van der Waals surface area contributed by atoms with Crippen molar-refractivity contribution in [2.75, 3.05) is 6.61 Å². The predicted octanol–water partition coefficient (Wildman–Crippen LogP) is 3.22. The second-order valence-corrected chi connectivity index (χ2v) is 3.46. The van der Waals surface area contributed by atoms with Crippen LogP contribution in [0.3, 0.4) is 0 Å². The van der Waals surface area contributed by atoms with Crippen LogP contribution in [0.25, 0.3) is 0 Å². The Kier molecular flexibility index (Phi) is 4.87. The highest BCUT2D eigenvalue weighted by molar-refractivity contribution is 6.19. The number of alkyl halides is 1. The Hall–Kier alpha value is -0.530. The Balaban J connectivity index is 2.32. The van der Waals surface area contributed by atoms with Gasteiger partial charge in [0, 0.05) is 13.0 Å². The largest absolute Gasteiger partial charge is 0.362 e. The van der Waals surface area contributed by atoms with Gasteiger partial charge in [-0.15, -0.1) is 0 Å². The Morgan fingerprint density at radius 2 is 2.00 bits per heavy atom. The van der Waals surface area contributed by atoms with Gasteiger partial charge in [-0.25, -0.2) is 0 Å². The zero-order valence-electron chi connectivity index (χ0n) is 7.87. The monoisotopic (exact) mass is 198 g/mol. The first-order chi connectivity index (χ1) is 6.33. The highest BCUT2D eigenvalue weighted by Crippen LogP contribution is 2.09. The zero-order chi connectivity index (χ0) is 9.52. The lowest BCUT2D eigenvalue weighted by Gasteiger charge is -2.09. The first kappa shape index (κ1) is 10.6. The van der Waals surface area contributed by atoms with Gasteiger partial charge in [0.15, 0.2) is 0 Å². The van der Waals surface area contributed by atoms with Gasteiger partial charge in [0.05, 0.1) is 0 Å². The molecule has 0 radical (unpaired) electrons. The number of hydrogen-bond donors (Lipinski definition) is 0. The summed E-state index contributed by atoms with van der Waals surface area (Å²) in [5.74, 6) is 0. The van der Waals surface area contributed by atoms with Crippen molar-refractivity contribution >= 4 is 11.6 Å². The molecular formula is C11H15ClO. The molecule has 1 atom stereocenters. The van der Waals surface area contributed by atoms with Crippen LogP contribution >= 0.6 is 11.6 Å². The molecule has 1 rings (SSSR count). The molecule has 2 heteroatoms. The van der Waals surface area contributed by atoms with Gasteiger partial charge in [0.2, 0.25) is 0 Å². The van der Waals surface area contributed by atoms with Gasteiger partial charge in [-0.3, -0.25) is 0 Å². The summed E-state index contributed by atoms with van der Waals surface area (Å²) in [6.45, 7) is 2.81. The normalized spacial score (nSPS) is 12.8. The Morgan fingerprint density at radius 3 is 2.62 bits per heavy atom. The van der Waals surface area contributed by atoms with E-state index in [0.29, 0.717) is 0 Å². The van der Waals surface area contributed by atoms with E-state index in [1.807, 2.05) is 18.2 Å². The summed E-state index contributed by atoms with van der Waals surface area (Å²) in [5.41, 5.74) is 1.03. The first-order valence-corrected chi connectivity index (χ1v) is 5.06. The van der Waals surface area contributed by atoms with Gasteiger partial charge in [-0.1, -0.05) is 48.9 Å². The summed E-state index contributed by atoms with van der Waals surface area (Å²) in [6.07, 6.45) is 1.79. The minimum Gasteiger partial charge on any atom is -0.362 e. The van der Waals surface area contributed by atoms with E-state index >= 15 is 0 Å². The summed E-state index contributed by atoms with van der Waals surface area (Å²) in [7, 11) is 0. The van der Waals surface area contributed by atoms with Crippen LogP contribution in [0.2, 0.25) is 0 Å². The molecule has 0 heterocycles. The minimum absolute atomic E-state index is 0.192. The highest BCUT2D eigenvalue weighted by atomic mass is 35.5. The van der Waals surface area contributed by atoms with Crippen molar-refractivity contribution in [3.05, 3.63) is 35.9 Å². The number of ether oxygens (including phenoxy) is 1. The molecular weight excluding hydrogens is 184 g/mol.